The first kappa shape index (κ1) is 19.1. The average Bonchev–Trinajstić information content (AvgIpc) is 3.34. The normalized spacial score (nSPS) is 26.2. The van der Waals surface area contributed by atoms with Crippen LogP contribution >= 0.6 is 0 Å². The van der Waals surface area contributed by atoms with E-state index in [0.29, 0.717) is 31.5 Å². The molecule has 9 heteroatoms. The lowest BCUT2D eigenvalue weighted by Gasteiger charge is -2.28. The average molecular weight is 375 g/mol. The summed E-state index contributed by atoms with van der Waals surface area (Å²) in [4.78, 5) is 57.5. The number of hydrogen-bond donors (Lipinski definition) is 3. The Balaban J connectivity index is 1.76. The maximum absolute atomic E-state index is 13.1. The van der Waals surface area contributed by atoms with Gasteiger partial charge in [0.15, 0.2) is 0 Å². The van der Waals surface area contributed by atoms with Crippen LogP contribution in [0.2, 0.25) is 0 Å². The van der Waals surface area contributed by atoms with Gasteiger partial charge in [0, 0.05) is 37.9 Å². The zero-order valence-corrected chi connectivity index (χ0v) is 15.3. The second kappa shape index (κ2) is 7.89. The number of amides is 3. The molecule has 4 atom stereocenters. The van der Waals surface area contributed by atoms with Gasteiger partial charge in [-0.1, -0.05) is 6.92 Å². The summed E-state index contributed by atoms with van der Waals surface area (Å²) in [5, 5.41) is 2.80. The summed E-state index contributed by atoms with van der Waals surface area (Å²) >= 11 is 0. The van der Waals surface area contributed by atoms with Gasteiger partial charge in [0.05, 0.1) is 12.0 Å². The Kier molecular flexibility index (Phi) is 5.57. The number of hydrogen-bond acceptors (Lipinski definition) is 5. The molecule has 0 unspecified atom stereocenters. The van der Waals surface area contributed by atoms with Gasteiger partial charge in [-0.05, 0) is 18.8 Å². The molecule has 1 aliphatic heterocycles. The van der Waals surface area contributed by atoms with Crippen molar-refractivity contribution in [3.63, 3.8) is 0 Å². The van der Waals surface area contributed by atoms with Crippen LogP contribution in [-0.2, 0) is 25.6 Å². The molecule has 9 nitrogen and oxygen atoms in total. The summed E-state index contributed by atoms with van der Waals surface area (Å²) in [5.41, 5.74) is 6.05. The number of Topliss-reactive ketones (excluding diaryl/α,β-unsaturated/α-hetero) is 1. The predicted molar refractivity (Wildman–Crippen MR) is 95.0 cm³/mol. The van der Waals surface area contributed by atoms with E-state index < -0.39 is 23.9 Å². The molecule has 1 saturated carbocycles. The van der Waals surface area contributed by atoms with E-state index in [2.05, 4.69) is 15.3 Å². The van der Waals surface area contributed by atoms with Gasteiger partial charge >= 0.3 is 0 Å². The van der Waals surface area contributed by atoms with Crippen molar-refractivity contribution >= 4 is 23.5 Å². The molecule has 0 spiro atoms. The molecule has 2 heterocycles. The quantitative estimate of drug-likeness (QED) is 0.617. The van der Waals surface area contributed by atoms with Crippen LogP contribution in [0.25, 0.3) is 0 Å². The van der Waals surface area contributed by atoms with E-state index >= 15 is 0 Å². The summed E-state index contributed by atoms with van der Waals surface area (Å²) in [5.74, 6) is -1.62. The Labute approximate surface area is 157 Å². The number of likely N-dealkylation sites (tertiary alicyclic amines) is 1. The van der Waals surface area contributed by atoms with E-state index in [1.165, 1.54) is 11.2 Å². The molecule has 27 heavy (non-hydrogen) atoms. The van der Waals surface area contributed by atoms with Crippen LogP contribution < -0.4 is 11.1 Å². The molecule has 1 aliphatic carbocycles. The van der Waals surface area contributed by atoms with E-state index in [1.807, 2.05) is 6.92 Å². The van der Waals surface area contributed by atoms with Gasteiger partial charge < -0.3 is 20.9 Å². The van der Waals surface area contributed by atoms with Crippen LogP contribution in [-0.4, -0.2) is 57.0 Å². The first-order chi connectivity index (χ1) is 12.9. The third kappa shape index (κ3) is 4.17. The maximum atomic E-state index is 13.1. The summed E-state index contributed by atoms with van der Waals surface area (Å²) in [6.45, 7) is 2.29. The molecular weight excluding hydrogens is 350 g/mol. The highest BCUT2D eigenvalue weighted by Crippen LogP contribution is 2.29. The standard InChI is InChI=1S/C18H25N5O4/c1-10-5-12(24)7-13(10)17(26)22-14(6-11-8-20-9-21-11)18(27)23-4-2-3-15(23)16(19)25/h8-10,13-15H,2-7H2,1H3,(H2,19,25)(H,20,21)(H,22,26)/t10-,13+,14+,15+/m1/s1. The van der Waals surface area contributed by atoms with Gasteiger partial charge in [-0.3, -0.25) is 19.2 Å². The molecule has 3 amide bonds. The molecule has 0 radical (unpaired) electrons. The Bertz CT molecular complexity index is 732. The monoisotopic (exact) mass is 375 g/mol. The first-order valence-electron chi connectivity index (χ1n) is 9.26. The van der Waals surface area contributed by atoms with Gasteiger partial charge in [0.1, 0.15) is 17.9 Å². The number of nitrogens with one attached hydrogen (secondary N) is 2. The van der Waals surface area contributed by atoms with Crippen molar-refractivity contribution in [3.05, 3.63) is 18.2 Å². The van der Waals surface area contributed by atoms with Crippen molar-refractivity contribution in [2.45, 2.75) is 51.1 Å². The van der Waals surface area contributed by atoms with Gasteiger partial charge in [0.25, 0.3) is 0 Å². The number of H-pyrrole nitrogens is 1. The minimum Gasteiger partial charge on any atom is -0.368 e. The van der Waals surface area contributed by atoms with E-state index in [1.54, 1.807) is 6.20 Å². The zero-order valence-electron chi connectivity index (χ0n) is 15.3. The van der Waals surface area contributed by atoms with E-state index in [9.17, 15) is 19.2 Å². The molecule has 1 aromatic rings. The van der Waals surface area contributed by atoms with Crippen LogP contribution in [0.3, 0.4) is 0 Å². The van der Waals surface area contributed by atoms with Crippen LogP contribution in [0.5, 0.6) is 0 Å². The third-order valence-corrected chi connectivity index (χ3v) is 5.47. The molecule has 4 N–H and O–H groups in total. The number of primary amides is 1. The second-order valence-corrected chi connectivity index (χ2v) is 7.45. The predicted octanol–water partition coefficient (Wildman–Crippen LogP) is -0.471. The number of rotatable bonds is 6. The van der Waals surface area contributed by atoms with Crippen molar-refractivity contribution in [1.82, 2.24) is 20.2 Å². The fraction of sp³-hybridized carbons (Fsp3) is 0.611. The smallest absolute Gasteiger partial charge is 0.246 e. The van der Waals surface area contributed by atoms with Crippen molar-refractivity contribution in [3.8, 4) is 0 Å². The number of nitrogens with zero attached hydrogens (tertiary/aromatic N) is 2. The van der Waals surface area contributed by atoms with E-state index in [4.69, 9.17) is 5.73 Å². The Morgan fingerprint density at radius 3 is 2.78 bits per heavy atom. The Morgan fingerprint density at radius 1 is 1.41 bits per heavy atom. The first-order valence-corrected chi connectivity index (χ1v) is 9.26. The minimum absolute atomic E-state index is 0.0520. The minimum atomic E-state index is -0.858. The largest absolute Gasteiger partial charge is 0.368 e. The molecule has 1 aromatic heterocycles. The lowest BCUT2D eigenvalue weighted by atomic mass is 9.96. The van der Waals surface area contributed by atoms with Crippen LogP contribution in [0.1, 0.15) is 38.3 Å². The molecule has 3 rings (SSSR count). The Hall–Kier alpha value is -2.71. The fourth-order valence-corrected chi connectivity index (χ4v) is 4.00. The molecule has 0 aromatic carbocycles. The SMILES string of the molecule is C[C@@H]1CC(=O)C[C@@H]1C(=O)N[C@@H](Cc1c[nH]cn1)C(=O)N1CCC[C@H]1C(N)=O. The number of carbonyl (C=O) groups excluding carboxylic acids is 4. The number of ketones is 1. The molecular formula is C18H25N5O4. The molecule has 146 valence electrons. The topological polar surface area (TPSA) is 138 Å². The molecule has 2 aliphatic rings. The lowest BCUT2D eigenvalue weighted by molar-refractivity contribution is -0.141. The van der Waals surface area contributed by atoms with Gasteiger partial charge in [-0.2, -0.15) is 0 Å². The van der Waals surface area contributed by atoms with Crippen LogP contribution in [0, 0.1) is 11.8 Å². The molecule has 0 bridgehead atoms. The number of carbonyl (C=O) groups is 4. The number of aromatic amines is 1. The van der Waals surface area contributed by atoms with Gasteiger partial charge in [-0.25, -0.2) is 4.98 Å². The van der Waals surface area contributed by atoms with Crippen molar-refractivity contribution in [2.75, 3.05) is 6.54 Å². The van der Waals surface area contributed by atoms with Crippen molar-refractivity contribution in [1.29, 1.82) is 0 Å². The van der Waals surface area contributed by atoms with E-state index in [-0.39, 0.29) is 36.4 Å². The number of nitrogens with two attached hydrogens (primary N) is 1. The van der Waals surface area contributed by atoms with Crippen molar-refractivity contribution < 1.29 is 19.2 Å². The van der Waals surface area contributed by atoms with E-state index in [0.717, 1.165) is 0 Å². The van der Waals surface area contributed by atoms with Gasteiger partial charge in [-0.15, -0.1) is 0 Å². The highest BCUT2D eigenvalue weighted by atomic mass is 16.2. The lowest BCUT2D eigenvalue weighted by Crippen LogP contribution is -2.54. The van der Waals surface area contributed by atoms with Crippen molar-refractivity contribution in [2.24, 2.45) is 17.6 Å². The summed E-state index contributed by atoms with van der Waals surface area (Å²) in [7, 11) is 0. The maximum Gasteiger partial charge on any atom is 0.246 e. The van der Waals surface area contributed by atoms with Gasteiger partial charge in [0.2, 0.25) is 17.7 Å². The highest BCUT2D eigenvalue weighted by molar-refractivity contribution is 5.95. The third-order valence-electron chi connectivity index (χ3n) is 5.47. The van der Waals surface area contributed by atoms with Crippen LogP contribution in [0.4, 0.5) is 0 Å². The van der Waals surface area contributed by atoms with Crippen LogP contribution in [0.15, 0.2) is 12.5 Å². The second-order valence-electron chi connectivity index (χ2n) is 7.45. The number of aromatic nitrogens is 2. The molecule has 1 saturated heterocycles. The summed E-state index contributed by atoms with van der Waals surface area (Å²) in [6, 6.07) is -1.51. The summed E-state index contributed by atoms with van der Waals surface area (Å²) < 4.78 is 0. The molecule has 2 fully saturated rings. The fourth-order valence-electron chi connectivity index (χ4n) is 4.00. The Morgan fingerprint density at radius 2 is 2.19 bits per heavy atom. The zero-order chi connectivity index (χ0) is 19.6. The summed E-state index contributed by atoms with van der Waals surface area (Å²) in [6.07, 6.45) is 5.15. The highest BCUT2D eigenvalue weighted by Gasteiger charge is 2.40. The number of imidazole rings is 1.